The molecule has 0 atom stereocenters. The van der Waals surface area contributed by atoms with E-state index >= 15 is 0 Å². The van der Waals surface area contributed by atoms with Crippen LogP contribution in [0.4, 0.5) is 0 Å². The summed E-state index contributed by atoms with van der Waals surface area (Å²) in [4.78, 5) is 21.2. The summed E-state index contributed by atoms with van der Waals surface area (Å²) in [5.74, 6) is 0.449. The van der Waals surface area contributed by atoms with E-state index in [-0.39, 0.29) is 10.8 Å². The van der Waals surface area contributed by atoms with E-state index in [1.807, 2.05) is 29.2 Å². The minimum Gasteiger partial charge on any atom is -0.492 e. The van der Waals surface area contributed by atoms with E-state index in [1.165, 1.54) is 31.4 Å². The van der Waals surface area contributed by atoms with Crippen molar-refractivity contribution in [2.24, 2.45) is 0 Å². The Hall–Kier alpha value is -2.50. The number of carbonyl (C=O) groups excluding carboxylic acids is 1. The van der Waals surface area contributed by atoms with Crippen LogP contribution in [0, 0.1) is 0 Å². The fourth-order valence-corrected chi connectivity index (χ4v) is 4.40. The van der Waals surface area contributed by atoms with Crippen LogP contribution in [0.15, 0.2) is 53.4 Å². The first-order valence-electron chi connectivity index (χ1n) is 10.8. The van der Waals surface area contributed by atoms with E-state index in [2.05, 4.69) is 22.1 Å². The molecule has 0 saturated carbocycles. The molecule has 33 heavy (non-hydrogen) atoms. The highest BCUT2D eigenvalue weighted by Crippen LogP contribution is 2.16. The van der Waals surface area contributed by atoms with Gasteiger partial charge >= 0.3 is 0 Å². The fourth-order valence-electron chi connectivity index (χ4n) is 3.59. The van der Waals surface area contributed by atoms with Crippen LogP contribution in [0.1, 0.15) is 28.8 Å². The summed E-state index contributed by atoms with van der Waals surface area (Å²) in [6, 6.07) is 13.7. The SMILES string of the molecule is CONS(=O)(=O)c1ccc(C(=O)NCc2cccc(OCCN(C)C3CCOCC3)c2)cc1. The summed E-state index contributed by atoms with van der Waals surface area (Å²) in [6.45, 7) is 3.37. The standard InChI is InChI=1S/C23H31N3O6S/c1-26(20-10-13-31-14-11-20)12-15-32-21-5-3-4-18(16-21)17-24-23(27)19-6-8-22(9-7-19)33(28,29)25-30-2/h3-9,16,20,25H,10-15,17H2,1-2H3,(H,24,27). The lowest BCUT2D eigenvalue weighted by Crippen LogP contribution is -2.38. The van der Waals surface area contributed by atoms with Gasteiger partial charge in [0.2, 0.25) is 0 Å². The van der Waals surface area contributed by atoms with Gasteiger partial charge in [-0.15, -0.1) is 0 Å². The van der Waals surface area contributed by atoms with E-state index < -0.39 is 10.0 Å². The summed E-state index contributed by atoms with van der Waals surface area (Å²) < 4.78 is 35.1. The van der Waals surface area contributed by atoms with Gasteiger partial charge in [0.15, 0.2) is 0 Å². The van der Waals surface area contributed by atoms with Crippen molar-refractivity contribution in [3.05, 3.63) is 59.7 Å². The average molecular weight is 478 g/mol. The third-order valence-electron chi connectivity index (χ3n) is 5.50. The van der Waals surface area contributed by atoms with Gasteiger partial charge in [-0.1, -0.05) is 17.0 Å². The molecule has 1 aliphatic heterocycles. The Labute approximate surface area is 195 Å². The topological polar surface area (TPSA) is 106 Å². The molecule has 2 N–H and O–H groups in total. The van der Waals surface area contributed by atoms with Gasteiger partial charge in [-0.25, -0.2) is 8.42 Å². The maximum absolute atomic E-state index is 12.4. The van der Waals surface area contributed by atoms with Gasteiger partial charge in [0.25, 0.3) is 15.9 Å². The third kappa shape index (κ3) is 7.51. The number of likely N-dealkylation sites (N-methyl/N-ethyl adjacent to an activating group) is 1. The molecule has 0 bridgehead atoms. The summed E-state index contributed by atoms with van der Waals surface area (Å²) in [7, 11) is -0.433. The highest BCUT2D eigenvalue weighted by Gasteiger charge is 2.18. The van der Waals surface area contributed by atoms with Crippen molar-refractivity contribution in [1.29, 1.82) is 0 Å². The Kier molecular flexibility index (Phi) is 9.21. The highest BCUT2D eigenvalue weighted by atomic mass is 32.2. The zero-order valence-corrected chi connectivity index (χ0v) is 19.8. The maximum atomic E-state index is 12.4. The number of ether oxygens (including phenoxy) is 2. The van der Waals surface area contributed by atoms with Crippen molar-refractivity contribution in [1.82, 2.24) is 15.1 Å². The lowest BCUT2D eigenvalue weighted by Gasteiger charge is -2.31. The molecule has 0 unspecified atom stereocenters. The number of hydrogen-bond acceptors (Lipinski definition) is 7. The first-order chi connectivity index (χ1) is 15.9. The average Bonchev–Trinajstić information content (AvgIpc) is 2.83. The number of amides is 1. The summed E-state index contributed by atoms with van der Waals surface area (Å²) in [6.07, 6.45) is 2.10. The van der Waals surface area contributed by atoms with E-state index in [0.29, 0.717) is 24.8 Å². The van der Waals surface area contributed by atoms with Gasteiger partial charge in [0.1, 0.15) is 12.4 Å². The van der Waals surface area contributed by atoms with E-state index in [1.54, 1.807) is 0 Å². The predicted octanol–water partition coefficient (Wildman–Crippen LogP) is 1.95. The number of nitrogens with zero attached hydrogens (tertiary/aromatic N) is 1. The van der Waals surface area contributed by atoms with Crippen LogP contribution in [0.2, 0.25) is 0 Å². The Morgan fingerprint density at radius 1 is 1.15 bits per heavy atom. The van der Waals surface area contributed by atoms with Crippen LogP contribution in [0.3, 0.4) is 0 Å². The molecular formula is C23H31N3O6S. The Balaban J connectivity index is 1.47. The van der Waals surface area contributed by atoms with Crippen molar-refractivity contribution in [2.45, 2.75) is 30.3 Å². The van der Waals surface area contributed by atoms with Crippen LogP contribution in [-0.4, -0.2) is 65.8 Å². The van der Waals surface area contributed by atoms with Crippen LogP contribution < -0.4 is 14.9 Å². The zero-order valence-electron chi connectivity index (χ0n) is 19.0. The molecule has 2 aromatic rings. The predicted molar refractivity (Wildman–Crippen MR) is 123 cm³/mol. The smallest absolute Gasteiger partial charge is 0.262 e. The third-order valence-corrected chi connectivity index (χ3v) is 6.78. The van der Waals surface area contributed by atoms with E-state index in [9.17, 15) is 13.2 Å². The van der Waals surface area contributed by atoms with Crippen molar-refractivity contribution in [3.63, 3.8) is 0 Å². The van der Waals surface area contributed by atoms with Gasteiger partial charge in [-0.2, -0.15) is 0 Å². The summed E-state index contributed by atoms with van der Waals surface area (Å²) in [5.41, 5.74) is 1.26. The molecule has 180 valence electrons. The van der Waals surface area contributed by atoms with Gasteiger partial charge < -0.3 is 14.8 Å². The first-order valence-corrected chi connectivity index (χ1v) is 12.3. The molecule has 3 rings (SSSR count). The second-order valence-electron chi connectivity index (χ2n) is 7.82. The minimum absolute atomic E-state index is 0.00761. The molecule has 1 heterocycles. The normalized spacial score (nSPS) is 14.9. The maximum Gasteiger partial charge on any atom is 0.262 e. The number of rotatable bonds is 11. The van der Waals surface area contributed by atoms with E-state index in [0.717, 1.165) is 43.9 Å². The summed E-state index contributed by atoms with van der Waals surface area (Å²) >= 11 is 0. The molecule has 10 heteroatoms. The zero-order chi connectivity index (χ0) is 23.7. The molecular weight excluding hydrogens is 446 g/mol. The van der Waals surface area contributed by atoms with Crippen LogP contribution in [0.25, 0.3) is 0 Å². The molecule has 2 aromatic carbocycles. The number of benzene rings is 2. The van der Waals surface area contributed by atoms with Gasteiger partial charge in [0, 0.05) is 37.9 Å². The highest BCUT2D eigenvalue weighted by molar-refractivity contribution is 7.89. The largest absolute Gasteiger partial charge is 0.492 e. The van der Waals surface area contributed by atoms with Crippen molar-refractivity contribution in [2.75, 3.05) is 40.5 Å². The Morgan fingerprint density at radius 2 is 1.88 bits per heavy atom. The molecule has 0 radical (unpaired) electrons. The fraction of sp³-hybridized carbons (Fsp3) is 0.435. The number of sulfonamides is 1. The van der Waals surface area contributed by atoms with Gasteiger partial charge in [-0.05, 0) is 61.9 Å². The molecule has 1 fully saturated rings. The van der Waals surface area contributed by atoms with E-state index in [4.69, 9.17) is 9.47 Å². The molecule has 1 saturated heterocycles. The van der Waals surface area contributed by atoms with Crippen LogP contribution >= 0.6 is 0 Å². The van der Waals surface area contributed by atoms with Crippen molar-refractivity contribution in [3.8, 4) is 5.75 Å². The number of hydrogen-bond donors (Lipinski definition) is 2. The summed E-state index contributed by atoms with van der Waals surface area (Å²) in [5, 5.41) is 2.84. The van der Waals surface area contributed by atoms with Gasteiger partial charge in [-0.3, -0.25) is 14.5 Å². The monoisotopic (exact) mass is 477 g/mol. The molecule has 1 amide bonds. The lowest BCUT2D eigenvalue weighted by atomic mass is 10.1. The Bertz CT molecular complexity index is 1010. The van der Waals surface area contributed by atoms with Crippen molar-refractivity contribution < 1.29 is 27.5 Å². The number of nitrogens with one attached hydrogen (secondary N) is 2. The number of carbonyl (C=O) groups is 1. The molecule has 9 nitrogen and oxygen atoms in total. The lowest BCUT2D eigenvalue weighted by molar-refractivity contribution is 0.0392. The van der Waals surface area contributed by atoms with Crippen LogP contribution in [0.5, 0.6) is 5.75 Å². The quantitative estimate of drug-likeness (QED) is 0.477. The first kappa shape index (κ1) is 25.1. The Morgan fingerprint density at radius 3 is 2.58 bits per heavy atom. The van der Waals surface area contributed by atoms with Gasteiger partial charge in [0.05, 0.1) is 12.0 Å². The van der Waals surface area contributed by atoms with Crippen LogP contribution in [-0.2, 0) is 26.1 Å². The van der Waals surface area contributed by atoms with Crippen molar-refractivity contribution >= 4 is 15.9 Å². The molecule has 0 aromatic heterocycles. The molecule has 0 aliphatic carbocycles. The molecule has 0 spiro atoms. The minimum atomic E-state index is -3.76. The molecule has 1 aliphatic rings. The second kappa shape index (κ2) is 12.1. The second-order valence-corrected chi connectivity index (χ2v) is 9.46.